The van der Waals surface area contributed by atoms with E-state index in [9.17, 15) is 4.39 Å². The molecule has 1 saturated heterocycles. The van der Waals surface area contributed by atoms with E-state index in [0.717, 1.165) is 38.8 Å². The van der Waals surface area contributed by atoms with E-state index in [0.29, 0.717) is 5.56 Å². The molecule has 1 aromatic heterocycles. The highest BCUT2D eigenvalue weighted by Gasteiger charge is 2.27. The van der Waals surface area contributed by atoms with Gasteiger partial charge in [0.15, 0.2) is 0 Å². The molecule has 0 radical (unpaired) electrons. The summed E-state index contributed by atoms with van der Waals surface area (Å²) in [6, 6.07) is 1.69. The lowest BCUT2D eigenvalue weighted by Crippen LogP contribution is -2.37. The maximum Gasteiger partial charge on any atom is 0.146 e. The molecule has 18 heavy (non-hydrogen) atoms. The maximum atomic E-state index is 13.9. The van der Waals surface area contributed by atoms with E-state index in [1.165, 1.54) is 6.20 Å². The molecule has 4 heteroatoms. The average Bonchev–Trinajstić information content (AvgIpc) is 2.42. The van der Waals surface area contributed by atoms with E-state index in [4.69, 9.17) is 4.74 Å². The molecule has 1 N–H and O–H groups in total. The fourth-order valence-corrected chi connectivity index (χ4v) is 2.41. The highest BCUT2D eigenvalue weighted by atomic mass is 19.1. The van der Waals surface area contributed by atoms with Crippen LogP contribution < -0.4 is 5.32 Å². The first-order valence-electron chi connectivity index (χ1n) is 6.77. The van der Waals surface area contributed by atoms with Crippen molar-refractivity contribution in [2.45, 2.75) is 44.8 Å². The SMILES string of the molecule is CCCNC(c1ccncc1F)C1CCCCO1. The van der Waals surface area contributed by atoms with Crippen LogP contribution >= 0.6 is 0 Å². The van der Waals surface area contributed by atoms with E-state index >= 15 is 0 Å². The Labute approximate surface area is 108 Å². The first-order chi connectivity index (χ1) is 8.83. The normalized spacial score (nSPS) is 21.8. The van der Waals surface area contributed by atoms with Crippen LogP contribution in [0.1, 0.15) is 44.2 Å². The largest absolute Gasteiger partial charge is 0.376 e. The lowest BCUT2D eigenvalue weighted by atomic mass is 9.96. The summed E-state index contributed by atoms with van der Waals surface area (Å²) in [7, 11) is 0. The van der Waals surface area contributed by atoms with Crippen LogP contribution in [-0.2, 0) is 4.74 Å². The minimum absolute atomic E-state index is 0.0618. The lowest BCUT2D eigenvalue weighted by Gasteiger charge is -2.31. The highest BCUT2D eigenvalue weighted by molar-refractivity contribution is 5.19. The van der Waals surface area contributed by atoms with E-state index in [1.807, 2.05) is 0 Å². The molecule has 2 unspecified atom stereocenters. The monoisotopic (exact) mass is 252 g/mol. The molecule has 1 aromatic rings. The van der Waals surface area contributed by atoms with Crippen molar-refractivity contribution in [3.05, 3.63) is 29.8 Å². The van der Waals surface area contributed by atoms with Crippen LogP contribution in [0.5, 0.6) is 0 Å². The molecule has 1 fully saturated rings. The van der Waals surface area contributed by atoms with Gasteiger partial charge < -0.3 is 10.1 Å². The number of pyridine rings is 1. The number of nitrogens with one attached hydrogen (secondary N) is 1. The summed E-state index contributed by atoms with van der Waals surface area (Å²) in [5.74, 6) is -0.250. The highest BCUT2D eigenvalue weighted by Crippen LogP contribution is 2.27. The van der Waals surface area contributed by atoms with Crippen LogP contribution in [0.2, 0.25) is 0 Å². The molecule has 0 saturated carbocycles. The van der Waals surface area contributed by atoms with Crippen LogP contribution in [0.4, 0.5) is 4.39 Å². The summed E-state index contributed by atoms with van der Waals surface area (Å²) in [5.41, 5.74) is 0.672. The van der Waals surface area contributed by atoms with Gasteiger partial charge in [-0.3, -0.25) is 4.98 Å². The van der Waals surface area contributed by atoms with Crippen LogP contribution in [0.15, 0.2) is 18.5 Å². The lowest BCUT2D eigenvalue weighted by molar-refractivity contribution is -0.00888. The Bertz CT molecular complexity index is 367. The number of nitrogens with zero attached hydrogens (tertiary/aromatic N) is 1. The second-order valence-corrected chi connectivity index (χ2v) is 4.73. The molecular formula is C14H21FN2O. The molecule has 2 rings (SSSR count). The zero-order chi connectivity index (χ0) is 12.8. The summed E-state index contributed by atoms with van der Waals surface area (Å²) in [5, 5.41) is 3.40. The minimum Gasteiger partial charge on any atom is -0.376 e. The second-order valence-electron chi connectivity index (χ2n) is 4.73. The van der Waals surface area contributed by atoms with Crippen molar-refractivity contribution in [3.63, 3.8) is 0 Å². The van der Waals surface area contributed by atoms with Crippen molar-refractivity contribution in [1.82, 2.24) is 10.3 Å². The third kappa shape index (κ3) is 3.27. The third-order valence-electron chi connectivity index (χ3n) is 3.34. The van der Waals surface area contributed by atoms with Crippen molar-refractivity contribution in [2.75, 3.05) is 13.2 Å². The molecule has 2 heterocycles. The van der Waals surface area contributed by atoms with E-state index in [1.54, 1.807) is 12.3 Å². The van der Waals surface area contributed by atoms with Crippen LogP contribution in [0, 0.1) is 5.82 Å². The number of rotatable bonds is 5. The Hall–Kier alpha value is -1.00. The molecule has 0 aromatic carbocycles. The van der Waals surface area contributed by atoms with Gasteiger partial charge in [0.1, 0.15) is 5.82 Å². The first-order valence-corrected chi connectivity index (χ1v) is 6.77. The molecule has 0 aliphatic carbocycles. The number of hydrogen-bond donors (Lipinski definition) is 1. The molecule has 0 amide bonds. The van der Waals surface area contributed by atoms with Crippen LogP contribution in [0.3, 0.4) is 0 Å². The minimum atomic E-state index is -0.250. The molecule has 100 valence electrons. The molecule has 2 atom stereocenters. The van der Waals surface area contributed by atoms with Gasteiger partial charge in [-0.2, -0.15) is 0 Å². The third-order valence-corrected chi connectivity index (χ3v) is 3.34. The molecule has 1 aliphatic heterocycles. The molecule has 0 spiro atoms. The Morgan fingerprint density at radius 2 is 2.44 bits per heavy atom. The number of hydrogen-bond acceptors (Lipinski definition) is 3. The fourth-order valence-electron chi connectivity index (χ4n) is 2.41. The van der Waals surface area contributed by atoms with Gasteiger partial charge in [-0.1, -0.05) is 6.92 Å². The number of ether oxygens (including phenoxy) is 1. The predicted molar refractivity (Wildman–Crippen MR) is 68.8 cm³/mol. The Morgan fingerprint density at radius 3 is 3.11 bits per heavy atom. The standard InChI is InChI=1S/C14H21FN2O/c1-2-7-17-14(13-5-3-4-9-18-13)11-6-8-16-10-12(11)15/h6,8,10,13-14,17H,2-5,7,9H2,1H3. The molecule has 3 nitrogen and oxygen atoms in total. The van der Waals surface area contributed by atoms with E-state index in [-0.39, 0.29) is 18.0 Å². The number of halogens is 1. The number of aromatic nitrogens is 1. The zero-order valence-corrected chi connectivity index (χ0v) is 10.9. The van der Waals surface area contributed by atoms with Gasteiger partial charge in [-0.25, -0.2) is 4.39 Å². The van der Waals surface area contributed by atoms with Crippen molar-refractivity contribution in [3.8, 4) is 0 Å². The Morgan fingerprint density at radius 1 is 1.56 bits per heavy atom. The van der Waals surface area contributed by atoms with Crippen molar-refractivity contribution >= 4 is 0 Å². The maximum absolute atomic E-state index is 13.9. The van der Waals surface area contributed by atoms with Gasteiger partial charge >= 0.3 is 0 Å². The summed E-state index contributed by atoms with van der Waals surface area (Å²) < 4.78 is 19.7. The van der Waals surface area contributed by atoms with E-state index in [2.05, 4.69) is 17.2 Å². The summed E-state index contributed by atoms with van der Waals surface area (Å²) >= 11 is 0. The predicted octanol–water partition coefficient (Wildman–Crippen LogP) is 2.83. The van der Waals surface area contributed by atoms with Gasteiger partial charge in [-0.15, -0.1) is 0 Å². The van der Waals surface area contributed by atoms with Gasteiger partial charge in [-0.05, 0) is 38.3 Å². The average molecular weight is 252 g/mol. The Kier molecular flexibility index (Phi) is 5.08. The van der Waals surface area contributed by atoms with Crippen LogP contribution in [0.25, 0.3) is 0 Å². The fraction of sp³-hybridized carbons (Fsp3) is 0.643. The van der Waals surface area contributed by atoms with Crippen molar-refractivity contribution < 1.29 is 9.13 Å². The summed E-state index contributed by atoms with van der Waals surface area (Å²) in [4.78, 5) is 3.81. The zero-order valence-electron chi connectivity index (χ0n) is 10.9. The van der Waals surface area contributed by atoms with Gasteiger partial charge in [0.2, 0.25) is 0 Å². The molecular weight excluding hydrogens is 231 g/mol. The van der Waals surface area contributed by atoms with Gasteiger partial charge in [0.25, 0.3) is 0 Å². The molecule has 1 aliphatic rings. The first kappa shape index (κ1) is 13.4. The molecule has 0 bridgehead atoms. The quantitative estimate of drug-likeness (QED) is 0.875. The second kappa shape index (κ2) is 6.81. The van der Waals surface area contributed by atoms with Gasteiger partial charge in [0.05, 0.1) is 18.3 Å². The van der Waals surface area contributed by atoms with Crippen molar-refractivity contribution in [2.24, 2.45) is 0 Å². The summed E-state index contributed by atoms with van der Waals surface area (Å²) in [6.07, 6.45) is 7.26. The van der Waals surface area contributed by atoms with Crippen LogP contribution in [-0.4, -0.2) is 24.2 Å². The van der Waals surface area contributed by atoms with Crippen molar-refractivity contribution in [1.29, 1.82) is 0 Å². The summed E-state index contributed by atoms with van der Waals surface area (Å²) in [6.45, 7) is 3.75. The van der Waals surface area contributed by atoms with E-state index < -0.39 is 0 Å². The Balaban J connectivity index is 2.15. The van der Waals surface area contributed by atoms with Gasteiger partial charge in [0, 0.05) is 18.4 Å². The smallest absolute Gasteiger partial charge is 0.146 e. The topological polar surface area (TPSA) is 34.2 Å².